The number of fused-ring (bicyclic) bond motifs is 1. The van der Waals surface area contributed by atoms with Crippen LogP contribution < -0.4 is 20.1 Å². The first-order valence-corrected chi connectivity index (χ1v) is 8.27. The predicted molar refractivity (Wildman–Crippen MR) is 99.3 cm³/mol. The summed E-state index contributed by atoms with van der Waals surface area (Å²) in [5, 5.41) is 6.05. The molecule has 0 fully saturated rings. The van der Waals surface area contributed by atoms with Gasteiger partial charge < -0.3 is 20.1 Å². The number of benzene rings is 2. The number of ether oxygens (including phenoxy) is 2. The van der Waals surface area contributed by atoms with Crippen molar-refractivity contribution in [2.24, 2.45) is 0 Å². The highest BCUT2D eigenvalue weighted by atomic mass is 16.6. The number of aromatic nitrogens is 1. The number of amides is 1. The molecule has 1 aliphatic heterocycles. The van der Waals surface area contributed by atoms with Crippen molar-refractivity contribution in [1.82, 2.24) is 4.98 Å². The van der Waals surface area contributed by atoms with Gasteiger partial charge in [-0.1, -0.05) is 18.2 Å². The van der Waals surface area contributed by atoms with Gasteiger partial charge in [-0.15, -0.1) is 0 Å². The minimum Gasteiger partial charge on any atom is -0.486 e. The van der Waals surface area contributed by atoms with Gasteiger partial charge in [-0.25, -0.2) is 4.98 Å². The fourth-order valence-corrected chi connectivity index (χ4v) is 2.61. The Bertz CT molecular complexity index is 911. The highest BCUT2D eigenvalue weighted by Crippen LogP contribution is 2.32. The molecule has 26 heavy (non-hydrogen) atoms. The van der Waals surface area contributed by atoms with E-state index in [1.807, 2.05) is 36.4 Å². The number of nitrogens with zero attached hydrogens (tertiary/aromatic N) is 1. The summed E-state index contributed by atoms with van der Waals surface area (Å²) in [6, 6.07) is 18.6. The Labute approximate surface area is 150 Å². The Morgan fingerprint density at radius 1 is 0.846 bits per heavy atom. The number of hydrogen-bond acceptors (Lipinski definition) is 5. The summed E-state index contributed by atoms with van der Waals surface area (Å²) >= 11 is 0. The molecule has 0 bridgehead atoms. The van der Waals surface area contributed by atoms with Crippen LogP contribution in [0.15, 0.2) is 66.9 Å². The summed E-state index contributed by atoms with van der Waals surface area (Å²) in [4.78, 5) is 16.6. The van der Waals surface area contributed by atoms with Crippen LogP contribution in [0, 0.1) is 0 Å². The summed E-state index contributed by atoms with van der Waals surface area (Å²) in [5.74, 6) is 1.03. The quantitative estimate of drug-likeness (QED) is 0.750. The highest BCUT2D eigenvalue weighted by Gasteiger charge is 2.14. The van der Waals surface area contributed by atoms with E-state index in [0.29, 0.717) is 36.1 Å². The third-order valence-corrected chi connectivity index (χ3v) is 3.86. The predicted octanol–water partition coefficient (Wildman–Crippen LogP) is 3.85. The van der Waals surface area contributed by atoms with Gasteiger partial charge in [0.25, 0.3) is 5.91 Å². The van der Waals surface area contributed by atoms with Crippen molar-refractivity contribution < 1.29 is 14.3 Å². The molecule has 2 aromatic carbocycles. The first kappa shape index (κ1) is 16.0. The molecule has 2 N–H and O–H groups in total. The second-order valence-corrected chi connectivity index (χ2v) is 5.74. The zero-order valence-electron chi connectivity index (χ0n) is 13.9. The molecule has 1 aromatic heterocycles. The van der Waals surface area contributed by atoms with E-state index in [9.17, 15) is 4.79 Å². The molecule has 0 radical (unpaired) electrons. The summed E-state index contributed by atoms with van der Waals surface area (Å²) < 4.78 is 11.0. The van der Waals surface area contributed by atoms with Crippen molar-refractivity contribution in [1.29, 1.82) is 0 Å². The highest BCUT2D eigenvalue weighted by molar-refractivity contribution is 6.03. The lowest BCUT2D eigenvalue weighted by molar-refractivity contribution is 0.102. The smallest absolute Gasteiger partial charge is 0.274 e. The van der Waals surface area contributed by atoms with E-state index < -0.39 is 0 Å². The van der Waals surface area contributed by atoms with Crippen LogP contribution >= 0.6 is 0 Å². The Hall–Kier alpha value is -3.54. The van der Waals surface area contributed by atoms with Crippen LogP contribution in [-0.4, -0.2) is 24.1 Å². The molecule has 6 nitrogen and oxygen atoms in total. The van der Waals surface area contributed by atoms with E-state index in [0.717, 1.165) is 11.4 Å². The molecule has 0 atom stereocenters. The lowest BCUT2D eigenvalue weighted by Crippen LogP contribution is -2.17. The van der Waals surface area contributed by atoms with Gasteiger partial charge in [0.1, 0.15) is 18.9 Å². The molecule has 2 heterocycles. The topological polar surface area (TPSA) is 72.5 Å². The number of rotatable bonds is 4. The van der Waals surface area contributed by atoms with E-state index in [4.69, 9.17) is 9.47 Å². The van der Waals surface area contributed by atoms with Gasteiger partial charge in [0.15, 0.2) is 11.5 Å². The summed E-state index contributed by atoms with van der Waals surface area (Å²) in [7, 11) is 0. The van der Waals surface area contributed by atoms with E-state index >= 15 is 0 Å². The standard InChI is InChI=1S/C20H17N3O3/c24-20(23-15-7-9-18-19(12-15)26-11-10-25-18)17-8-6-16(13-21-17)22-14-4-2-1-3-5-14/h1-9,12-13,22H,10-11H2,(H,23,24). The van der Waals surface area contributed by atoms with Crippen molar-refractivity contribution in [3.8, 4) is 11.5 Å². The maximum atomic E-state index is 12.4. The molecule has 1 amide bonds. The van der Waals surface area contributed by atoms with E-state index in [1.165, 1.54) is 0 Å². The first-order valence-electron chi connectivity index (χ1n) is 8.27. The number of carbonyl (C=O) groups excluding carboxylic acids is 1. The second kappa shape index (κ2) is 7.14. The molecule has 0 unspecified atom stereocenters. The van der Waals surface area contributed by atoms with Gasteiger partial charge in [-0.2, -0.15) is 0 Å². The molecule has 0 aliphatic carbocycles. The molecule has 4 rings (SSSR count). The molecule has 6 heteroatoms. The minimum absolute atomic E-state index is 0.284. The SMILES string of the molecule is O=C(Nc1ccc2c(c1)OCCO2)c1ccc(Nc2ccccc2)cn1. The zero-order chi connectivity index (χ0) is 17.8. The Morgan fingerprint density at radius 2 is 1.62 bits per heavy atom. The van der Waals surface area contributed by atoms with Crippen LogP contribution in [0.4, 0.5) is 17.1 Å². The molecule has 0 spiro atoms. The van der Waals surface area contributed by atoms with Gasteiger partial charge in [0.05, 0.1) is 11.9 Å². The lowest BCUT2D eigenvalue weighted by atomic mass is 10.2. The maximum Gasteiger partial charge on any atom is 0.274 e. The first-order chi connectivity index (χ1) is 12.8. The average molecular weight is 347 g/mol. The van der Waals surface area contributed by atoms with Gasteiger partial charge in [-0.3, -0.25) is 4.79 Å². The van der Waals surface area contributed by atoms with Crippen molar-refractivity contribution in [2.45, 2.75) is 0 Å². The number of pyridine rings is 1. The monoisotopic (exact) mass is 347 g/mol. The van der Waals surface area contributed by atoms with E-state index in [1.54, 1.807) is 30.5 Å². The van der Waals surface area contributed by atoms with E-state index in [-0.39, 0.29) is 5.91 Å². The Morgan fingerprint density at radius 3 is 2.38 bits per heavy atom. The summed E-state index contributed by atoms with van der Waals surface area (Å²) in [5.41, 5.74) is 2.74. The molecule has 1 aliphatic rings. The summed E-state index contributed by atoms with van der Waals surface area (Å²) in [6.45, 7) is 1.04. The molecule has 0 saturated heterocycles. The molecular formula is C20H17N3O3. The number of hydrogen-bond donors (Lipinski definition) is 2. The normalized spacial score (nSPS) is 12.3. The van der Waals surface area contributed by atoms with Crippen LogP contribution in [-0.2, 0) is 0 Å². The number of carbonyl (C=O) groups is 1. The van der Waals surface area contributed by atoms with Crippen molar-refractivity contribution >= 4 is 23.0 Å². The molecule has 130 valence electrons. The number of nitrogens with one attached hydrogen (secondary N) is 2. The van der Waals surface area contributed by atoms with Crippen LogP contribution in [0.2, 0.25) is 0 Å². The molecule has 3 aromatic rings. The average Bonchev–Trinajstić information content (AvgIpc) is 2.69. The van der Waals surface area contributed by atoms with Crippen molar-refractivity contribution in [3.63, 3.8) is 0 Å². The summed E-state index contributed by atoms with van der Waals surface area (Å²) in [6.07, 6.45) is 1.63. The minimum atomic E-state index is -0.284. The van der Waals surface area contributed by atoms with Gasteiger partial charge in [-0.05, 0) is 36.4 Å². The van der Waals surface area contributed by atoms with Crippen LogP contribution in [0.1, 0.15) is 10.5 Å². The fourth-order valence-electron chi connectivity index (χ4n) is 2.61. The van der Waals surface area contributed by atoms with Crippen LogP contribution in [0.3, 0.4) is 0 Å². The Balaban J connectivity index is 1.43. The molecular weight excluding hydrogens is 330 g/mol. The number of anilines is 3. The Kier molecular flexibility index (Phi) is 4.38. The van der Waals surface area contributed by atoms with Crippen LogP contribution in [0.25, 0.3) is 0 Å². The fraction of sp³-hybridized carbons (Fsp3) is 0.100. The zero-order valence-corrected chi connectivity index (χ0v) is 13.9. The lowest BCUT2D eigenvalue weighted by Gasteiger charge is -2.19. The largest absolute Gasteiger partial charge is 0.486 e. The third kappa shape index (κ3) is 3.59. The van der Waals surface area contributed by atoms with Gasteiger partial charge in [0.2, 0.25) is 0 Å². The van der Waals surface area contributed by atoms with Crippen molar-refractivity contribution in [2.75, 3.05) is 23.8 Å². The molecule has 0 saturated carbocycles. The second-order valence-electron chi connectivity index (χ2n) is 5.74. The maximum absolute atomic E-state index is 12.4. The van der Waals surface area contributed by atoms with Crippen LogP contribution in [0.5, 0.6) is 11.5 Å². The van der Waals surface area contributed by atoms with Gasteiger partial charge >= 0.3 is 0 Å². The van der Waals surface area contributed by atoms with E-state index in [2.05, 4.69) is 15.6 Å². The van der Waals surface area contributed by atoms with Crippen molar-refractivity contribution in [3.05, 3.63) is 72.6 Å². The van der Waals surface area contributed by atoms with Gasteiger partial charge in [0, 0.05) is 17.4 Å². The third-order valence-electron chi connectivity index (χ3n) is 3.86. The number of para-hydroxylation sites is 1.